The Balaban J connectivity index is 3.31. The van der Waals surface area contributed by atoms with E-state index >= 15 is 0 Å². The minimum atomic E-state index is -3.28. The van der Waals surface area contributed by atoms with Crippen LogP contribution < -0.4 is 0 Å². The van der Waals surface area contributed by atoms with Gasteiger partial charge in [-0.1, -0.05) is 43.3 Å². The second-order valence-corrected chi connectivity index (χ2v) is 6.62. The zero-order chi connectivity index (χ0) is 13.8. The van der Waals surface area contributed by atoms with Crippen LogP contribution in [0, 0.1) is 6.92 Å². The van der Waals surface area contributed by atoms with E-state index in [1.54, 1.807) is 26.0 Å². The Kier molecular flexibility index (Phi) is 4.90. The van der Waals surface area contributed by atoms with Crippen molar-refractivity contribution in [1.82, 2.24) is 0 Å². The van der Waals surface area contributed by atoms with Gasteiger partial charge in [0.1, 0.15) is 11.0 Å². The summed E-state index contributed by atoms with van der Waals surface area (Å²) in [5, 5.41) is 11.7. The number of rotatable bonds is 5. The second kappa shape index (κ2) is 6.00. The number of benzene rings is 1. The summed E-state index contributed by atoms with van der Waals surface area (Å²) in [6, 6.07) is 7.31. The average molecular weight is 269 g/mol. The summed E-state index contributed by atoms with van der Waals surface area (Å²) in [4.78, 5) is 0. The van der Waals surface area contributed by atoms with E-state index < -0.39 is 15.1 Å². The highest BCUT2D eigenvalue weighted by atomic mass is 32.2. The molecule has 0 radical (unpaired) electrons. The Morgan fingerprint density at radius 2 is 1.94 bits per heavy atom. The smallest absolute Gasteiger partial charge is 0.158 e. The fourth-order valence-corrected chi connectivity index (χ4v) is 3.40. The van der Waals surface area contributed by atoms with Crippen molar-refractivity contribution >= 4 is 15.5 Å². The highest BCUT2D eigenvalue weighted by molar-refractivity contribution is 7.92. The highest BCUT2D eigenvalue weighted by Crippen LogP contribution is 2.18. The third-order valence-corrected chi connectivity index (χ3v) is 5.27. The summed E-state index contributed by atoms with van der Waals surface area (Å²) < 4.78 is 24.0. The van der Waals surface area contributed by atoms with E-state index in [2.05, 4.69) is 5.16 Å². The van der Waals surface area contributed by atoms with E-state index in [0.717, 1.165) is 5.56 Å². The van der Waals surface area contributed by atoms with Crippen LogP contribution in [0.4, 0.5) is 0 Å². The topological polar surface area (TPSA) is 66.7 Å². The minimum absolute atomic E-state index is 0.0381. The molecule has 0 spiro atoms. The predicted molar refractivity (Wildman–Crippen MR) is 73.0 cm³/mol. The number of hydrogen-bond donors (Lipinski definition) is 1. The lowest BCUT2D eigenvalue weighted by Crippen LogP contribution is -2.32. The maximum absolute atomic E-state index is 12.0. The third kappa shape index (κ3) is 2.90. The summed E-state index contributed by atoms with van der Waals surface area (Å²) in [5.41, 5.74) is 1.82. The van der Waals surface area contributed by atoms with Gasteiger partial charge in [0.05, 0.1) is 0 Å². The molecular formula is C13H19NO3S. The van der Waals surface area contributed by atoms with Gasteiger partial charge < -0.3 is 5.21 Å². The first-order valence-electron chi connectivity index (χ1n) is 5.97. The molecule has 1 aromatic carbocycles. The van der Waals surface area contributed by atoms with Gasteiger partial charge in [-0.3, -0.25) is 0 Å². The van der Waals surface area contributed by atoms with Gasteiger partial charge in [-0.05, 0) is 18.9 Å². The van der Waals surface area contributed by atoms with Crippen molar-refractivity contribution in [2.45, 2.75) is 32.4 Å². The van der Waals surface area contributed by atoms with Gasteiger partial charge in [0.2, 0.25) is 0 Å². The fraction of sp³-hybridized carbons (Fsp3) is 0.462. The molecule has 1 atom stereocenters. The average Bonchev–Trinajstić information content (AvgIpc) is 2.36. The van der Waals surface area contributed by atoms with Gasteiger partial charge in [-0.2, -0.15) is 0 Å². The van der Waals surface area contributed by atoms with Crippen LogP contribution in [0.3, 0.4) is 0 Å². The molecule has 1 unspecified atom stereocenters. The molecule has 0 aliphatic carbocycles. The lowest BCUT2D eigenvalue weighted by Gasteiger charge is -2.17. The minimum Gasteiger partial charge on any atom is -0.411 e. The van der Waals surface area contributed by atoms with E-state index in [9.17, 15) is 13.6 Å². The molecule has 0 fully saturated rings. The SMILES string of the molecule is CCC(C(=NO)c1ccccc1C)S(=O)(=O)CC. The van der Waals surface area contributed by atoms with Crippen LogP contribution in [0.1, 0.15) is 31.4 Å². The number of oxime groups is 1. The number of nitrogens with zero attached hydrogens (tertiary/aromatic N) is 1. The quantitative estimate of drug-likeness (QED) is 0.507. The summed E-state index contributed by atoms with van der Waals surface area (Å²) in [7, 11) is -3.28. The Labute approximate surface area is 108 Å². The molecule has 5 heteroatoms. The van der Waals surface area contributed by atoms with Gasteiger partial charge in [-0.15, -0.1) is 0 Å². The van der Waals surface area contributed by atoms with Gasteiger partial charge >= 0.3 is 0 Å². The van der Waals surface area contributed by atoms with Crippen molar-refractivity contribution < 1.29 is 13.6 Å². The molecule has 0 saturated heterocycles. The Hall–Kier alpha value is -1.36. The molecule has 0 saturated carbocycles. The number of sulfone groups is 1. The van der Waals surface area contributed by atoms with Gasteiger partial charge in [0.25, 0.3) is 0 Å². The van der Waals surface area contributed by atoms with Crippen LogP contribution >= 0.6 is 0 Å². The van der Waals surface area contributed by atoms with E-state index in [-0.39, 0.29) is 11.5 Å². The summed E-state index contributed by atoms with van der Waals surface area (Å²) in [5.74, 6) is 0.0381. The number of aryl methyl sites for hydroxylation is 1. The standard InChI is InChI=1S/C13H19NO3S/c1-4-12(18(16,17)5-2)13(14-15)11-9-7-6-8-10(11)3/h6-9,12,15H,4-5H2,1-3H3. The van der Waals surface area contributed by atoms with Crippen molar-refractivity contribution in [1.29, 1.82) is 0 Å². The normalized spacial score (nSPS) is 14.5. The predicted octanol–water partition coefficient (Wildman–Crippen LogP) is 2.39. The Morgan fingerprint density at radius 1 is 1.33 bits per heavy atom. The van der Waals surface area contributed by atoms with Crippen molar-refractivity contribution in [3.8, 4) is 0 Å². The first-order chi connectivity index (χ1) is 8.47. The zero-order valence-electron chi connectivity index (χ0n) is 10.9. The molecule has 0 aliphatic rings. The van der Waals surface area contributed by atoms with Crippen LogP contribution in [-0.2, 0) is 9.84 Å². The first-order valence-corrected chi connectivity index (χ1v) is 7.69. The summed E-state index contributed by atoms with van der Waals surface area (Å²) >= 11 is 0. The molecule has 0 aromatic heterocycles. The first kappa shape index (κ1) is 14.7. The molecule has 0 bridgehead atoms. The van der Waals surface area contributed by atoms with E-state index in [0.29, 0.717) is 12.0 Å². The maximum atomic E-state index is 12.0. The van der Waals surface area contributed by atoms with Gasteiger partial charge in [-0.25, -0.2) is 8.42 Å². The maximum Gasteiger partial charge on any atom is 0.158 e. The van der Waals surface area contributed by atoms with Crippen molar-refractivity contribution in [2.24, 2.45) is 5.16 Å². The number of hydrogen-bond acceptors (Lipinski definition) is 4. The lowest BCUT2D eigenvalue weighted by molar-refractivity contribution is 0.318. The van der Waals surface area contributed by atoms with Crippen LogP contribution in [-0.4, -0.2) is 30.3 Å². The molecule has 100 valence electrons. The molecule has 1 N–H and O–H groups in total. The van der Waals surface area contributed by atoms with E-state index in [1.807, 2.05) is 19.1 Å². The fourth-order valence-electron chi connectivity index (χ4n) is 1.97. The van der Waals surface area contributed by atoms with Crippen LogP contribution in [0.15, 0.2) is 29.4 Å². The summed E-state index contributed by atoms with van der Waals surface area (Å²) in [6.07, 6.45) is 0.393. The van der Waals surface area contributed by atoms with Gasteiger partial charge in [0.15, 0.2) is 9.84 Å². The second-order valence-electron chi connectivity index (χ2n) is 4.15. The molecule has 0 heterocycles. The molecule has 18 heavy (non-hydrogen) atoms. The van der Waals surface area contributed by atoms with Gasteiger partial charge in [0, 0.05) is 11.3 Å². The highest BCUT2D eigenvalue weighted by Gasteiger charge is 2.29. The van der Waals surface area contributed by atoms with E-state index in [1.165, 1.54) is 0 Å². The Bertz CT molecular complexity index is 535. The molecule has 0 amide bonds. The summed E-state index contributed by atoms with van der Waals surface area (Å²) in [6.45, 7) is 5.25. The van der Waals surface area contributed by atoms with Crippen LogP contribution in [0.2, 0.25) is 0 Å². The molecule has 4 nitrogen and oxygen atoms in total. The Morgan fingerprint density at radius 3 is 2.39 bits per heavy atom. The van der Waals surface area contributed by atoms with E-state index in [4.69, 9.17) is 0 Å². The monoisotopic (exact) mass is 269 g/mol. The zero-order valence-corrected chi connectivity index (χ0v) is 11.7. The molecule has 0 aliphatic heterocycles. The van der Waals surface area contributed by atoms with Crippen LogP contribution in [0.5, 0.6) is 0 Å². The molecular weight excluding hydrogens is 250 g/mol. The molecule has 1 aromatic rings. The molecule has 1 rings (SSSR count). The van der Waals surface area contributed by atoms with Crippen LogP contribution in [0.25, 0.3) is 0 Å². The lowest BCUT2D eigenvalue weighted by atomic mass is 10.0. The van der Waals surface area contributed by atoms with Crippen molar-refractivity contribution in [2.75, 3.05) is 5.75 Å². The third-order valence-electron chi connectivity index (χ3n) is 3.04. The largest absolute Gasteiger partial charge is 0.411 e. The van der Waals surface area contributed by atoms with Crippen molar-refractivity contribution in [3.63, 3.8) is 0 Å². The van der Waals surface area contributed by atoms with Crippen molar-refractivity contribution in [3.05, 3.63) is 35.4 Å².